The lowest BCUT2D eigenvalue weighted by Crippen LogP contribution is -2.33. The van der Waals surface area contributed by atoms with Gasteiger partial charge in [0.15, 0.2) is 0 Å². The molecule has 0 saturated heterocycles. The van der Waals surface area contributed by atoms with Crippen LogP contribution in [0.1, 0.15) is 20.7 Å². The van der Waals surface area contributed by atoms with Gasteiger partial charge in [-0.2, -0.15) is 0 Å². The van der Waals surface area contributed by atoms with Gasteiger partial charge in [0.25, 0.3) is 5.91 Å². The zero-order valence-corrected chi connectivity index (χ0v) is 13.5. The number of carboxylic acid groups (broad SMARTS) is 1. The number of amides is 2. The summed E-state index contributed by atoms with van der Waals surface area (Å²) in [5.74, 6) is -2.22. The van der Waals surface area contributed by atoms with Gasteiger partial charge >= 0.3 is 5.97 Å². The van der Waals surface area contributed by atoms with Crippen LogP contribution in [-0.2, 0) is 4.79 Å². The number of aromatic carboxylic acids is 1. The number of hydrogen-bond donors (Lipinski definition) is 3. The van der Waals surface area contributed by atoms with Crippen molar-refractivity contribution in [2.24, 2.45) is 0 Å². The molecule has 0 saturated carbocycles. The van der Waals surface area contributed by atoms with Crippen LogP contribution in [0.5, 0.6) is 0 Å². The van der Waals surface area contributed by atoms with Gasteiger partial charge in [-0.25, -0.2) is 4.79 Å². The van der Waals surface area contributed by atoms with Gasteiger partial charge in [-0.3, -0.25) is 9.59 Å². The van der Waals surface area contributed by atoms with E-state index in [-0.39, 0.29) is 17.7 Å². The Labute approximate surface area is 140 Å². The summed E-state index contributed by atoms with van der Waals surface area (Å²) in [6.07, 6.45) is 0. The third-order valence-electron chi connectivity index (χ3n) is 2.94. The highest BCUT2D eigenvalue weighted by Gasteiger charge is 2.16. The molecule has 2 rings (SSSR count). The molecule has 0 aliphatic carbocycles. The smallest absolute Gasteiger partial charge is 0.336 e. The Hall–Kier alpha value is -2.67. The van der Waals surface area contributed by atoms with Crippen LogP contribution in [-0.4, -0.2) is 29.4 Å². The molecule has 0 bridgehead atoms. The zero-order valence-electron chi connectivity index (χ0n) is 11.9. The van der Waals surface area contributed by atoms with Gasteiger partial charge in [-0.15, -0.1) is 0 Å². The van der Waals surface area contributed by atoms with Crippen molar-refractivity contribution in [3.63, 3.8) is 0 Å². The van der Waals surface area contributed by atoms with E-state index in [0.717, 1.165) is 4.47 Å². The highest BCUT2D eigenvalue weighted by molar-refractivity contribution is 9.10. The van der Waals surface area contributed by atoms with E-state index in [1.807, 2.05) is 0 Å². The normalized spacial score (nSPS) is 9.96. The van der Waals surface area contributed by atoms with E-state index in [2.05, 4.69) is 26.6 Å². The van der Waals surface area contributed by atoms with E-state index >= 15 is 0 Å². The Kier molecular flexibility index (Phi) is 5.48. The third-order valence-corrected chi connectivity index (χ3v) is 3.47. The van der Waals surface area contributed by atoms with Gasteiger partial charge < -0.3 is 15.7 Å². The number of carbonyl (C=O) groups is 3. The van der Waals surface area contributed by atoms with Gasteiger partial charge in [-0.05, 0) is 36.4 Å². The molecule has 2 amide bonds. The fourth-order valence-corrected chi connectivity index (χ4v) is 2.13. The minimum absolute atomic E-state index is 0.0106. The van der Waals surface area contributed by atoms with Crippen molar-refractivity contribution in [2.75, 3.05) is 11.9 Å². The molecule has 7 heteroatoms. The average molecular weight is 377 g/mol. The van der Waals surface area contributed by atoms with Gasteiger partial charge in [0, 0.05) is 10.2 Å². The summed E-state index contributed by atoms with van der Waals surface area (Å²) in [4.78, 5) is 34.9. The van der Waals surface area contributed by atoms with Crippen LogP contribution >= 0.6 is 15.9 Å². The lowest BCUT2D eigenvalue weighted by atomic mass is 10.1. The Morgan fingerprint density at radius 3 is 2.17 bits per heavy atom. The molecule has 23 heavy (non-hydrogen) atoms. The van der Waals surface area contributed by atoms with E-state index in [1.54, 1.807) is 30.3 Å². The summed E-state index contributed by atoms with van der Waals surface area (Å²) in [5.41, 5.74) is 0.494. The van der Waals surface area contributed by atoms with Crippen LogP contribution in [0.2, 0.25) is 0 Å². The first-order valence-electron chi connectivity index (χ1n) is 6.63. The first-order valence-corrected chi connectivity index (χ1v) is 7.42. The molecule has 0 fully saturated rings. The van der Waals surface area contributed by atoms with Crippen LogP contribution in [0, 0.1) is 0 Å². The molecule has 0 atom stereocenters. The summed E-state index contributed by atoms with van der Waals surface area (Å²) in [5, 5.41) is 14.1. The number of carboxylic acids is 1. The number of carbonyl (C=O) groups excluding carboxylic acids is 2. The molecular formula is C16H13BrN2O4. The van der Waals surface area contributed by atoms with Gasteiger partial charge in [0.05, 0.1) is 17.7 Å². The predicted molar refractivity (Wildman–Crippen MR) is 88.5 cm³/mol. The minimum Gasteiger partial charge on any atom is -0.478 e. The summed E-state index contributed by atoms with van der Waals surface area (Å²) in [7, 11) is 0. The zero-order chi connectivity index (χ0) is 16.8. The Morgan fingerprint density at radius 2 is 1.57 bits per heavy atom. The molecule has 0 aromatic heterocycles. The number of rotatable bonds is 5. The van der Waals surface area contributed by atoms with Crippen LogP contribution in [0.25, 0.3) is 0 Å². The predicted octanol–water partition coefficient (Wildman–Crippen LogP) is 2.52. The summed E-state index contributed by atoms with van der Waals surface area (Å²) in [6.45, 7) is -0.261. The number of benzene rings is 2. The van der Waals surface area contributed by atoms with Crippen molar-refractivity contribution in [2.45, 2.75) is 0 Å². The molecule has 0 unspecified atom stereocenters. The molecule has 0 heterocycles. The highest BCUT2D eigenvalue weighted by atomic mass is 79.9. The Balaban J connectivity index is 1.95. The lowest BCUT2D eigenvalue weighted by Gasteiger charge is -2.08. The topological polar surface area (TPSA) is 95.5 Å². The molecule has 2 aromatic rings. The Morgan fingerprint density at radius 1 is 0.957 bits per heavy atom. The number of hydrogen-bond acceptors (Lipinski definition) is 3. The van der Waals surface area contributed by atoms with Crippen LogP contribution in [0.3, 0.4) is 0 Å². The molecular weight excluding hydrogens is 364 g/mol. The Bertz CT molecular complexity index is 744. The number of anilines is 1. The maximum Gasteiger partial charge on any atom is 0.336 e. The second kappa shape index (κ2) is 7.55. The fourth-order valence-electron chi connectivity index (χ4n) is 1.86. The highest BCUT2D eigenvalue weighted by Crippen LogP contribution is 2.14. The van der Waals surface area contributed by atoms with Crippen LogP contribution < -0.4 is 10.6 Å². The van der Waals surface area contributed by atoms with Gasteiger partial charge in [0.2, 0.25) is 5.91 Å². The second-order valence-corrected chi connectivity index (χ2v) is 5.50. The minimum atomic E-state index is -1.20. The number of nitrogens with one attached hydrogen (secondary N) is 2. The molecule has 0 aliphatic heterocycles. The largest absolute Gasteiger partial charge is 0.478 e. The standard InChI is InChI=1S/C16H13BrN2O4/c17-10-5-7-11(8-6-10)19-14(20)9-18-15(21)12-3-1-2-4-13(12)16(22)23/h1-8H,9H2,(H,18,21)(H,19,20)(H,22,23). The third kappa shape index (κ3) is 4.65. The van der Waals surface area contributed by atoms with Crippen molar-refractivity contribution in [1.29, 1.82) is 0 Å². The SMILES string of the molecule is O=C(CNC(=O)c1ccccc1C(=O)O)Nc1ccc(Br)cc1. The molecule has 118 valence electrons. The molecule has 0 aliphatic rings. The second-order valence-electron chi connectivity index (χ2n) is 4.59. The molecule has 2 aromatic carbocycles. The van der Waals surface area contributed by atoms with Crippen LogP contribution in [0.15, 0.2) is 53.0 Å². The molecule has 3 N–H and O–H groups in total. The van der Waals surface area contributed by atoms with Crippen molar-refractivity contribution in [3.05, 3.63) is 64.1 Å². The summed E-state index contributed by atoms with van der Waals surface area (Å²) in [6, 6.07) is 12.8. The maximum atomic E-state index is 12.0. The van der Waals surface area contributed by atoms with Crippen LogP contribution in [0.4, 0.5) is 5.69 Å². The first-order chi connectivity index (χ1) is 11.0. The first kappa shape index (κ1) is 16.7. The van der Waals surface area contributed by atoms with Gasteiger partial charge in [-0.1, -0.05) is 28.1 Å². The monoisotopic (exact) mass is 376 g/mol. The van der Waals surface area contributed by atoms with Crippen molar-refractivity contribution in [3.8, 4) is 0 Å². The van der Waals surface area contributed by atoms with E-state index in [9.17, 15) is 14.4 Å². The van der Waals surface area contributed by atoms with E-state index in [0.29, 0.717) is 5.69 Å². The molecule has 6 nitrogen and oxygen atoms in total. The van der Waals surface area contributed by atoms with Crippen molar-refractivity contribution in [1.82, 2.24) is 5.32 Å². The van der Waals surface area contributed by atoms with Gasteiger partial charge in [0.1, 0.15) is 0 Å². The average Bonchev–Trinajstić information content (AvgIpc) is 2.54. The number of halogens is 1. The van der Waals surface area contributed by atoms with E-state index < -0.39 is 17.8 Å². The molecule has 0 spiro atoms. The quantitative estimate of drug-likeness (QED) is 0.746. The molecule has 0 radical (unpaired) electrons. The van der Waals surface area contributed by atoms with E-state index in [1.165, 1.54) is 18.2 Å². The summed E-state index contributed by atoms with van der Waals surface area (Å²) < 4.78 is 0.883. The fraction of sp³-hybridized carbons (Fsp3) is 0.0625. The van der Waals surface area contributed by atoms with E-state index in [4.69, 9.17) is 5.11 Å². The summed E-state index contributed by atoms with van der Waals surface area (Å²) >= 11 is 3.29. The lowest BCUT2D eigenvalue weighted by molar-refractivity contribution is -0.115. The van der Waals surface area contributed by atoms with Crippen molar-refractivity contribution < 1.29 is 19.5 Å². The maximum absolute atomic E-state index is 12.0. The van der Waals surface area contributed by atoms with Crippen molar-refractivity contribution >= 4 is 39.4 Å².